The average Bonchev–Trinajstić information content (AvgIpc) is 3.52. The van der Waals surface area contributed by atoms with Crippen molar-refractivity contribution in [3.8, 4) is 0 Å². The summed E-state index contributed by atoms with van der Waals surface area (Å²) in [6.45, 7) is 16.1. The number of aromatic nitrogens is 1. The maximum Gasteiger partial charge on any atom is 0.272 e. The van der Waals surface area contributed by atoms with Crippen molar-refractivity contribution in [1.29, 1.82) is 0 Å². The highest BCUT2D eigenvalue weighted by atomic mass is 16.3. The molecule has 2 saturated heterocycles. The summed E-state index contributed by atoms with van der Waals surface area (Å²) in [7, 11) is 0. The number of amides is 2. The monoisotopic (exact) mass is 522 g/mol. The van der Waals surface area contributed by atoms with Gasteiger partial charge in [-0.1, -0.05) is 62.4 Å². The van der Waals surface area contributed by atoms with Crippen LogP contribution in [0.3, 0.4) is 0 Å². The van der Waals surface area contributed by atoms with Crippen molar-refractivity contribution in [3.63, 3.8) is 0 Å². The van der Waals surface area contributed by atoms with E-state index in [4.69, 9.17) is 0 Å². The molecule has 7 heteroatoms. The lowest BCUT2D eigenvalue weighted by Gasteiger charge is -2.46. The Morgan fingerprint density at radius 2 is 1.72 bits per heavy atom. The van der Waals surface area contributed by atoms with Crippen LogP contribution in [-0.2, 0) is 20.6 Å². The van der Waals surface area contributed by atoms with Crippen LogP contribution in [0.2, 0.25) is 0 Å². The van der Waals surface area contributed by atoms with Gasteiger partial charge < -0.3 is 25.2 Å². The molecule has 3 aliphatic heterocycles. The maximum atomic E-state index is 14.3. The van der Waals surface area contributed by atoms with Gasteiger partial charge in [0.05, 0.1) is 5.54 Å². The minimum Gasteiger partial charge on any atom is -0.381 e. The molecule has 6 rings (SSSR count). The van der Waals surface area contributed by atoms with Crippen LogP contribution in [0.5, 0.6) is 0 Å². The summed E-state index contributed by atoms with van der Waals surface area (Å²) in [6.07, 6.45) is 4.79. The summed E-state index contributed by atoms with van der Waals surface area (Å²) in [4.78, 5) is 34.9. The van der Waals surface area contributed by atoms with Crippen LogP contribution in [0.25, 0.3) is 17.0 Å². The number of para-hydroxylation sites is 2. The molecule has 2 fully saturated rings. The van der Waals surface area contributed by atoms with Crippen LogP contribution in [0.15, 0.2) is 79.5 Å². The van der Waals surface area contributed by atoms with E-state index in [0.29, 0.717) is 0 Å². The average molecular weight is 523 g/mol. The molecular formula is C32H34N4O3. The van der Waals surface area contributed by atoms with Gasteiger partial charge in [-0.15, -0.1) is 13.2 Å². The van der Waals surface area contributed by atoms with Gasteiger partial charge >= 0.3 is 0 Å². The van der Waals surface area contributed by atoms with E-state index in [0.717, 1.165) is 33.4 Å². The van der Waals surface area contributed by atoms with E-state index >= 15 is 0 Å². The number of carbonyl (C=O) groups is 2. The van der Waals surface area contributed by atoms with Gasteiger partial charge in [0.15, 0.2) is 0 Å². The topological polar surface area (TPSA) is 88.7 Å². The number of nitrogens with one attached hydrogen (secondary N) is 2. The molecule has 1 aromatic heterocycles. The lowest BCUT2D eigenvalue weighted by atomic mass is 9.86. The SMILES string of the molecule is C=CC(C)(C)c1[nH]c2ccccc2c1/C=C1\NC(=O)[C@H]2C[C@@]3(O)c4ccccc4N(C(C)(C)C=C)[C@H]3N2C1=O. The molecule has 7 nitrogen and oxygen atoms in total. The van der Waals surface area contributed by atoms with E-state index in [9.17, 15) is 14.7 Å². The van der Waals surface area contributed by atoms with Gasteiger partial charge in [-0.3, -0.25) is 9.59 Å². The molecular weight excluding hydrogens is 488 g/mol. The number of nitrogens with zero attached hydrogens (tertiary/aromatic N) is 2. The summed E-state index contributed by atoms with van der Waals surface area (Å²) in [5.41, 5.74) is 1.97. The fourth-order valence-corrected chi connectivity index (χ4v) is 6.44. The third kappa shape index (κ3) is 3.39. The van der Waals surface area contributed by atoms with Crippen molar-refractivity contribution in [2.75, 3.05) is 4.90 Å². The molecule has 0 saturated carbocycles. The molecule has 4 heterocycles. The Bertz CT molecular complexity index is 1600. The normalized spacial score (nSPS) is 25.5. The van der Waals surface area contributed by atoms with E-state index in [1.807, 2.05) is 79.4 Å². The summed E-state index contributed by atoms with van der Waals surface area (Å²) < 4.78 is 0. The van der Waals surface area contributed by atoms with Crippen LogP contribution >= 0.6 is 0 Å². The minimum atomic E-state index is -1.40. The zero-order chi connectivity index (χ0) is 27.9. The number of benzene rings is 2. The van der Waals surface area contributed by atoms with Gasteiger partial charge in [-0.2, -0.15) is 0 Å². The first kappa shape index (κ1) is 25.2. The summed E-state index contributed by atoms with van der Waals surface area (Å²) in [6, 6.07) is 14.7. The fraction of sp³-hybridized carbons (Fsp3) is 0.312. The van der Waals surface area contributed by atoms with Crippen LogP contribution in [0.1, 0.15) is 50.9 Å². The molecule has 0 bridgehead atoms. The zero-order valence-electron chi connectivity index (χ0n) is 22.8. The quantitative estimate of drug-likeness (QED) is 0.335. The Morgan fingerprint density at radius 1 is 1.03 bits per heavy atom. The fourth-order valence-electron chi connectivity index (χ4n) is 6.44. The Kier molecular flexibility index (Phi) is 5.30. The lowest BCUT2D eigenvalue weighted by Crippen LogP contribution is -2.63. The van der Waals surface area contributed by atoms with E-state index in [1.54, 1.807) is 11.0 Å². The summed E-state index contributed by atoms with van der Waals surface area (Å²) >= 11 is 0. The maximum absolute atomic E-state index is 14.3. The number of hydrogen-bond donors (Lipinski definition) is 3. The van der Waals surface area contributed by atoms with E-state index < -0.39 is 28.8 Å². The highest BCUT2D eigenvalue weighted by Crippen LogP contribution is 2.55. The van der Waals surface area contributed by atoms with Crippen LogP contribution < -0.4 is 10.2 Å². The van der Waals surface area contributed by atoms with Gasteiger partial charge in [-0.25, -0.2) is 0 Å². The third-order valence-electron chi connectivity index (χ3n) is 8.74. The van der Waals surface area contributed by atoms with Crippen LogP contribution in [0.4, 0.5) is 5.69 Å². The number of allylic oxidation sites excluding steroid dienone is 1. The Hall–Kier alpha value is -4.10. The lowest BCUT2D eigenvalue weighted by molar-refractivity contribution is -0.142. The van der Waals surface area contributed by atoms with Gasteiger partial charge in [0, 0.05) is 45.2 Å². The van der Waals surface area contributed by atoms with Crippen molar-refractivity contribution in [3.05, 3.63) is 96.4 Å². The van der Waals surface area contributed by atoms with Crippen molar-refractivity contribution in [1.82, 2.24) is 15.2 Å². The molecule has 3 aliphatic rings. The first-order valence-corrected chi connectivity index (χ1v) is 13.3. The summed E-state index contributed by atoms with van der Waals surface area (Å²) in [5.74, 6) is -0.632. The number of rotatable bonds is 5. The predicted molar refractivity (Wildman–Crippen MR) is 154 cm³/mol. The molecule has 0 unspecified atom stereocenters. The molecule has 3 N–H and O–H groups in total. The Labute approximate surface area is 228 Å². The highest BCUT2D eigenvalue weighted by Gasteiger charge is 2.66. The second-order valence-electron chi connectivity index (χ2n) is 11.9. The van der Waals surface area contributed by atoms with Crippen LogP contribution in [-0.4, -0.2) is 44.6 Å². The van der Waals surface area contributed by atoms with E-state index in [2.05, 4.69) is 37.3 Å². The first-order valence-electron chi connectivity index (χ1n) is 13.3. The van der Waals surface area contributed by atoms with Crippen molar-refractivity contribution in [2.24, 2.45) is 0 Å². The number of aromatic amines is 1. The van der Waals surface area contributed by atoms with Gasteiger partial charge in [0.2, 0.25) is 5.91 Å². The smallest absolute Gasteiger partial charge is 0.272 e. The van der Waals surface area contributed by atoms with Gasteiger partial charge in [-0.05, 0) is 32.1 Å². The molecule has 2 aromatic carbocycles. The largest absolute Gasteiger partial charge is 0.381 e. The number of hydrogen-bond acceptors (Lipinski definition) is 4. The summed E-state index contributed by atoms with van der Waals surface area (Å²) in [5, 5.41) is 16.0. The molecule has 2 amide bonds. The highest BCUT2D eigenvalue weighted by molar-refractivity contribution is 6.09. The molecule has 0 radical (unpaired) electrons. The number of anilines is 1. The Balaban J connectivity index is 1.52. The minimum absolute atomic E-state index is 0.116. The molecule has 0 aliphatic carbocycles. The van der Waals surface area contributed by atoms with E-state index in [1.165, 1.54) is 0 Å². The second-order valence-corrected chi connectivity index (χ2v) is 11.9. The molecule has 3 aromatic rings. The van der Waals surface area contributed by atoms with E-state index in [-0.39, 0.29) is 23.9 Å². The molecule has 200 valence electrons. The molecule has 0 spiro atoms. The molecule has 3 atom stereocenters. The van der Waals surface area contributed by atoms with Crippen molar-refractivity contribution >= 4 is 34.5 Å². The molecule has 39 heavy (non-hydrogen) atoms. The number of aliphatic hydroxyl groups is 1. The van der Waals surface area contributed by atoms with Gasteiger partial charge in [0.1, 0.15) is 23.5 Å². The first-order chi connectivity index (χ1) is 18.4. The third-order valence-corrected chi connectivity index (χ3v) is 8.74. The standard InChI is InChI=1S/C32H34N4O3/c1-7-30(3,4)26-20(19-13-9-11-15-22(19)33-26)17-23-28(38)35-25(27(37)34-23)18-32(39)21-14-10-12-16-24(21)36(29(32)35)31(5,6)8-2/h7-17,25,29,33,39H,1-2,18H2,3-6H3,(H,34,37)/b23-17-/t25-,29-,32-/m1/s1. The predicted octanol–water partition coefficient (Wildman–Crippen LogP) is 4.70. The number of H-pyrrole nitrogens is 1. The number of piperazine rings is 1. The Morgan fingerprint density at radius 3 is 2.44 bits per heavy atom. The number of fused-ring (bicyclic) bond motifs is 6. The zero-order valence-corrected chi connectivity index (χ0v) is 22.8. The van der Waals surface area contributed by atoms with Crippen molar-refractivity contribution < 1.29 is 14.7 Å². The second kappa shape index (κ2) is 8.20. The number of carbonyl (C=O) groups excluding carboxylic acids is 2. The van der Waals surface area contributed by atoms with Crippen LogP contribution in [0, 0.1) is 0 Å². The van der Waals surface area contributed by atoms with Gasteiger partial charge in [0.25, 0.3) is 5.91 Å². The van der Waals surface area contributed by atoms with Crippen molar-refractivity contribution in [2.45, 2.75) is 62.9 Å².